The van der Waals surface area contributed by atoms with Crippen molar-refractivity contribution in [2.24, 2.45) is 5.92 Å². The van der Waals surface area contributed by atoms with E-state index in [2.05, 4.69) is 17.2 Å². The summed E-state index contributed by atoms with van der Waals surface area (Å²) in [7, 11) is 1.85. The first-order valence-corrected chi connectivity index (χ1v) is 4.53. The zero-order valence-corrected chi connectivity index (χ0v) is 7.97. The fraction of sp³-hybridized carbons (Fsp3) is 0.667. The van der Waals surface area contributed by atoms with Crippen molar-refractivity contribution in [2.45, 2.75) is 12.5 Å². The van der Waals surface area contributed by atoms with E-state index in [1.807, 2.05) is 7.05 Å². The second-order valence-electron chi connectivity index (χ2n) is 3.17. The molecule has 3 N–H and O–H groups in total. The van der Waals surface area contributed by atoms with Crippen molar-refractivity contribution < 1.29 is 4.74 Å². The lowest BCUT2D eigenvalue weighted by molar-refractivity contribution is 0.379. The summed E-state index contributed by atoms with van der Waals surface area (Å²) in [5, 5.41) is 14.0. The van der Waals surface area contributed by atoms with Gasteiger partial charge in [-0.25, -0.2) is 0 Å². The maximum atomic E-state index is 7.63. The Balaban J connectivity index is 2.49. The minimum atomic E-state index is 0.00741. The van der Waals surface area contributed by atoms with E-state index in [1.165, 1.54) is 6.26 Å². The molecule has 0 aliphatic carbocycles. The molecule has 4 heteroatoms. The van der Waals surface area contributed by atoms with Crippen LogP contribution in [-0.2, 0) is 4.74 Å². The first-order valence-electron chi connectivity index (χ1n) is 4.53. The van der Waals surface area contributed by atoms with Crippen molar-refractivity contribution in [3.05, 3.63) is 12.8 Å². The molecule has 0 aromatic heterocycles. The van der Waals surface area contributed by atoms with Gasteiger partial charge in [0.1, 0.15) is 0 Å². The Morgan fingerprint density at radius 2 is 2.62 bits per heavy atom. The Labute approximate surface area is 78.9 Å². The summed E-state index contributed by atoms with van der Waals surface area (Å²) in [5.41, 5.74) is 0. The third-order valence-corrected chi connectivity index (χ3v) is 2.37. The molecule has 74 valence electrons. The van der Waals surface area contributed by atoms with Gasteiger partial charge in [-0.2, -0.15) is 0 Å². The maximum Gasteiger partial charge on any atom is 0.203 e. The molecule has 0 bridgehead atoms. The zero-order valence-electron chi connectivity index (χ0n) is 7.97. The lowest BCUT2D eigenvalue weighted by Gasteiger charge is -2.21. The minimum Gasteiger partial charge on any atom is -0.450 e. The van der Waals surface area contributed by atoms with Crippen LogP contribution >= 0.6 is 0 Å². The number of rotatable bonds is 4. The summed E-state index contributed by atoms with van der Waals surface area (Å²) in [4.78, 5) is 0. The maximum absolute atomic E-state index is 7.63. The molecule has 1 rings (SSSR count). The van der Waals surface area contributed by atoms with Gasteiger partial charge in [-0.05, 0) is 32.5 Å². The SMILES string of the molecule is C=COC(=N)C(NC)C1CCNC1. The average molecular weight is 183 g/mol. The number of ether oxygens (including phenoxy) is 1. The fourth-order valence-electron chi connectivity index (χ4n) is 1.71. The van der Waals surface area contributed by atoms with Gasteiger partial charge in [0.15, 0.2) is 0 Å². The van der Waals surface area contributed by atoms with E-state index in [4.69, 9.17) is 10.1 Å². The van der Waals surface area contributed by atoms with Crippen LogP contribution in [0.15, 0.2) is 12.8 Å². The molecule has 2 unspecified atom stereocenters. The molecule has 1 heterocycles. The van der Waals surface area contributed by atoms with Gasteiger partial charge in [0.2, 0.25) is 5.90 Å². The van der Waals surface area contributed by atoms with Crippen molar-refractivity contribution in [1.29, 1.82) is 5.41 Å². The van der Waals surface area contributed by atoms with Crippen LogP contribution in [0.25, 0.3) is 0 Å². The Bertz CT molecular complexity index is 187. The zero-order chi connectivity index (χ0) is 9.68. The lowest BCUT2D eigenvalue weighted by atomic mass is 9.99. The number of nitrogens with one attached hydrogen (secondary N) is 3. The Morgan fingerprint density at radius 1 is 1.85 bits per heavy atom. The van der Waals surface area contributed by atoms with Gasteiger partial charge in [0.25, 0.3) is 0 Å². The predicted molar refractivity (Wildman–Crippen MR) is 52.8 cm³/mol. The van der Waals surface area contributed by atoms with E-state index in [0.29, 0.717) is 5.92 Å². The van der Waals surface area contributed by atoms with Crippen LogP contribution < -0.4 is 10.6 Å². The third-order valence-electron chi connectivity index (χ3n) is 2.37. The molecular weight excluding hydrogens is 166 g/mol. The molecule has 1 aliphatic rings. The molecular formula is C9H17N3O. The second kappa shape index (κ2) is 4.99. The summed E-state index contributed by atoms with van der Waals surface area (Å²) in [6, 6.07) is 0.00741. The predicted octanol–water partition coefficient (Wildman–Crippen LogP) is 0.321. The first kappa shape index (κ1) is 10.2. The van der Waals surface area contributed by atoms with Crippen LogP contribution in [0, 0.1) is 11.3 Å². The van der Waals surface area contributed by atoms with Crippen LogP contribution in [0.4, 0.5) is 0 Å². The second-order valence-corrected chi connectivity index (χ2v) is 3.17. The number of hydrogen-bond donors (Lipinski definition) is 3. The van der Waals surface area contributed by atoms with Crippen LogP contribution in [0.1, 0.15) is 6.42 Å². The fourth-order valence-corrected chi connectivity index (χ4v) is 1.71. The molecule has 0 saturated carbocycles. The van der Waals surface area contributed by atoms with Gasteiger partial charge in [-0.1, -0.05) is 6.58 Å². The van der Waals surface area contributed by atoms with Crippen molar-refractivity contribution in [1.82, 2.24) is 10.6 Å². The first-order chi connectivity index (χ1) is 6.29. The van der Waals surface area contributed by atoms with Gasteiger partial charge in [0, 0.05) is 0 Å². The number of likely N-dealkylation sites (N-methyl/N-ethyl adjacent to an activating group) is 1. The Morgan fingerprint density at radius 3 is 3.08 bits per heavy atom. The Kier molecular flexibility index (Phi) is 3.92. The lowest BCUT2D eigenvalue weighted by Crippen LogP contribution is -2.41. The van der Waals surface area contributed by atoms with E-state index >= 15 is 0 Å². The van der Waals surface area contributed by atoms with Gasteiger partial charge in [-0.3, -0.25) is 5.41 Å². The van der Waals surface area contributed by atoms with Gasteiger partial charge in [0.05, 0.1) is 12.3 Å². The molecule has 0 aromatic rings. The molecule has 0 amide bonds. The van der Waals surface area contributed by atoms with Crippen molar-refractivity contribution in [2.75, 3.05) is 20.1 Å². The molecule has 13 heavy (non-hydrogen) atoms. The van der Waals surface area contributed by atoms with E-state index in [-0.39, 0.29) is 11.9 Å². The highest BCUT2D eigenvalue weighted by Gasteiger charge is 2.27. The van der Waals surface area contributed by atoms with E-state index in [9.17, 15) is 0 Å². The molecule has 0 aromatic carbocycles. The monoisotopic (exact) mass is 183 g/mol. The van der Waals surface area contributed by atoms with Gasteiger partial charge >= 0.3 is 0 Å². The van der Waals surface area contributed by atoms with E-state index in [0.717, 1.165) is 19.5 Å². The number of hydrogen-bond acceptors (Lipinski definition) is 4. The molecule has 1 fully saturated rings. The van der Waals surface area contributed by atoms with Crippen LogP contribution in [-0.4, -0.2) is 32.1 Å². The summed E-state index contributed by atoms with van der Waals surface area (Å²) in [6.45, 7) is 5.42. The molecule has 0 spiro atoms. The smallest absolute Gasteiger partial charge is 0.203 e. The summed E-state index contributed by atoms with van der Waals surface area (Å²) >= 11 is 0. The van der Waals surface area contributed by atoms with Crippen molar-refractivity contribution >= 4 is 5.90 Å². The molecule has 0 radical (unpaired) electrons. The van der Waals surface area contributed by atoms with Crippen molar-refractivity contribution in [3.63, 3.8) is 0 Å². The molecule has 4 nitrogen and oxygen atoms in total. The standard InChI is InChI=1S/C9H17N3O/c1-3-13-9(10)8(11-2)7-4-5-12-6-7/h3,7-8,10-12H,1,4-6H2,2H3. The van der Waals surface area contributed by atoms with Gasteiger partial charge < -0.3 is 15.4 Å². The van der Waals surface area contributed by atoms with Gasteiger partial charge in [-0.15, -0.1) is 0 Å². The van der Waals surface area contributed by atoms with Crippen LogP contribution in [0.5, 0.6) is 0 Å². The third kappa shape index (κ3) is 2.54. The molecule has 2 atom stereocenters. The van der Waals surface area contributed by atoms with E-state index in [1.54, 1.807) is 0 Å². The molecule has 1 aliphatic heterocycles. The summed E-state index contributed by atoms with van der Waals surface area (Å²) in [6.07, 6.45) is 2.39. The average Bonchev–Trinajstić information content (AvgIpc) is 2.59. The topological polar surface area (TPSA) is 57.1 Å². The normalized spacial score (nSPS) is 23.9. The quantitative estimate of drug-likeness (QED) is 0.334. The van der Waals surface area contributed by atoms with Crippen molar-refractivity contribution in [3.8, 4) is 0 Å². The highest BCUT2D eigenvalue weighted by atomic mass is 16.5. The summed E-state index contributed by atoms with van der Waals surface area (Å²) in [5.74, 6) is 0.712. The summed E-state index contributed by atoms with van der Waals surface area (Å²) < 4.78 is 4.96. The largest absolute Gasteiger partial charge is 0.450 e. The Hall–Kier alpha value is -0.870. The highest BCUT2D eigenvalue weighted by Crippen LogP contribution is 2.13. The van der Waals surface area contributed by atoms with Crippen LogP contribution in [0.2, 0.25) is 0 Å². The van der Waals surface area contributed by atoms with E-state index < -0.39 is 0 Å². The van der Waals surface area contributed by atoms with Crippen LogP contribution in [0.3, 0.4) is 0 Å². The molecule has 1 saturated heterocycles. The minimum absolute atomic E-state index is 0.00741. The highest BCUT2D eigenvalue weighted by molar-refractivity contribution is 5.79.